The first-order valence-corrected chi connectivity index (χ1v) is 4.87. The summed E-state index contributed by atoms with van der Waals surface area (Å²) >= 11 is 0. The van der Waals surface area contributed by atoms with Crippen LogP contribution in [0.4, 0.5) is 10.6 Å². The Hall–Kier alpha value is -2.00. The minimum atomic E-state index is -0.499. The van der Waals surface area contributed by atoms with Crippen LogP contribution in [0, 0.1) is 19.3 Å². The predicted molar refractivity (Wildman–Crippen MR) is 63.2 cm³/mol. The number of hydrogen-bond acceptors (Lipinski definition) is 4. The monoisotopic (exact) mass is 223 g/mol. The van der Waals surface area contributed by atoms with Gasteiger partial charge in [0.1, 0.15) is 12.1 Å². The van der Waals surface area contributed by atoms with Crippen LogP contribution in [0.3, 0.4) is 0 Å². The third kappa shape index (κ3) is 3.00. The first-order chi connectivity index (χ1) is 7.57. The molecule has 0 fully saturated rings. The number of nitrogens with zero attached hydrogens (tertiary/aromatic N) is 3. The molecule has 0 unspecified atom stereocenters. The Kier molecular flexibility index (Phi) is 5.67. The van der Waals surface area contributed by atoms with Gasteiger partial charge >= 0.3 is 6.03 Å². The van der Waals surface area contributed by atoms with Gasteiger partial charge < -0.3 is 5.73 Å². The van der Waals surface area contributed by atoms with E-state index in [4.69, 9.17) is 18.0 Å². The summed E-state index contributed by atoms with van der Waals surface area (Å²) in [4.78, 5) is 15.4. The number of hydrogen-bond donors (Lipinski definition) is 2. The number of hydrazine groups is 1. The number of carbonyl (C=O) groups excluding carboxylic acids is 1. The van der Waals surface area contributed by atoms with Crippen molar-refractivity contribution in [3.05, 3.63) is 12.0 Å². The molecular weight excluding hydrogens is 206 g/mol. The van der Waals surface area contributed by atoms with Gasteiger partial charge in [-0.1, -0.05) is 19.8 Å². The van der Waals surface area contributed by atoms with E-state index in [9.17, 15) is 4.79 Å². The Morgan fingerprint density at radius 2 is 2.25 bits per heavy atom. The highest BCUT2D eigenvalue weighted by atomic mass is 16.2. The SMILES string of the molecule is C#CCN(N)C(=O)n1cnc(C)c1N.CC. The smallest absolute Gasteiger partial charge is 0.346 e. The molecule has 0 bridgehead atoms. The fourth-order valence-electron chi connectivity index (χ4n) is 0.904. The van der Waals surface area contributed by atoms with Gasteiger partial charge in [-0.2, -0.15) is 0 Å². The summed E-state index contributed by atoms with van der Waals surface area (Å²) in [6, 6.07) is -0.499. The molecule has 1 aromatic heterocycles. The van der Waals surface area contributed by atoms with Gasteiger partial charge in [0, 0.05) is 0 Å². The molecular formula is C10H17N5O. The van der Waals surface area contributed by atoms with E-state index in [0.29, 0.717) is 5.69 Å². The van der Waals surface area contributed by atoms with Crippen molar-refractivity contribution in [2.24, 2.45) is 5.84 Å². The summed E-state index contributed by atoms with van der Waals surface area (Å²) in [6.45, 7) is 5.72. The van der Waals surface area contributed by atoms with E-state index in [0.717, 1.165) is 9.58 Å². The van der Waals surface area contributed by atoms with Crippen LogP contribution >= 0.6 is 0 Å². The molecule has 1 aromatic rings. The number of carbonyl (C=O) groups is 1. The van der Waals surface area contributed by atoms with Crippen molar-refractivity contribution in [3.8, 4) is 12.3 Å². The van der Waals surface area contributed by atoms with Crippen LogP contribution in [-0.4, -0.2) is 27.1 Å². The van der Waals surface area contributed by atoms with Crippen LogP contribution in [0.2, 0.25) is 0 Å². The second-order valence-corrected chi connectivity index (χ2v) is 2.70. The molecule has 4 N–H and O–H groups in total. The highest BCUT2D eigenvalue weighted by Crippen LogP contribution is 2.08. The Morgan fingerprint density at radius 3 is 2.62 bits per heavy atom. The topological polar surface area (TPSA) is 90.2 Å². The molecule has 1 rings (SSSR count). The summed E-state index contributed by atoms with van der Waals surface area (Å²) in [5.41, 5.74) is 6.16. The number of rotatable bonds is 1. The molecule has 0 atom stereocenters. The van der Waals surface area contributed by atoms with E-state index in [-0.39, 0.29) is 12.4 Å². The summed E-state index contributed by atoms with van der Waals surface area (Å²) in [5, 5.41) is 0.886. The Morgan fingerprint density at radius 1 is 1.69 bits per heavy atom. The molecule has 0 aliphatic rings. The third-order valence-corrected chi connectivity index (χ3v) is 1.71. The number of amides is 1. The van der Waals surface area contributed by atoms with Crippen molar-refractivity contribution >= 4 is 11.8 Å². The molecule has 0 aromatic carbocycles. The maximum Gasteiger partial charge on any atom is 0.346 e. The fraction of sp³-hybridized carbons (Fsp3) is 0.400. The zero-order valence-corrected chi connectivity index (χ0v) is 9.77. The Balaban J connectivity index is 0.00000106. The number of nitrogens with two attached hydrogens (primary N) is 2. The summed E-state index contributed by atoms with van der Waals surface area (Å²) in [5.74, 6) is 7.89. The highest BCUT2D eigenvalue weighted by molar-refractivity contribution is 5.80. The van der Waals surface area contributed by atoms with Gasteiger partial charge in [-0.15, -0.1) is 6.42 Å². The zero-order valence-electron chi connectivity index (χ0n) is 9.77. The molecule has 16 heavy (non-hydrogen) atoms. The lowest BCUT2D eigenvalue weighted by atomic mass is 10.5. The van der Waals surface area contributed by atoms with Crippen molar-refractivity contribution in [1.82, 2.24) is 14.6 Å². The van der Waals surface area contributed by atoms with Crippen molar-refractivity contribution in [1.29, 1.82) is 0 Å². The summed E-state index contributed by atoms with van der Waals surface area (Å²) < 4.78 is 1.15. The van der Waals surface area contributed by atoms with Crippen molar-refractivity contribution in [3.63, 3.8) is 0 Å². The van der Waals surface area contributed by atoms with E-state index in [1.54, 1.807) is 6.92 Å². The number of aryl methyl sites for hydroxylation is 1. The maximum atomic E-state index is 11.5. The quantitative estimate of drug-likeness (QED) is 0.315. The molecule has 6 heteroatoms. The molecule has 6 nitrogen and oxygen atoms in total. The van der Waals surface area contributed by atoms with Crippen LogP contribution in [0.1, 0.15) is 19.5 Å². The standard InChI is InChI=1S/C8H11N5O.C2H6/c1-3-4-13(10)8(14)12-5-11-6(2)7(12)9;1-2/h1,5H,4,9-10H2,2H3;1-2H3. The fourth-order valence-corrected chi connectivity index (χ4v) is 0.904. The average Bonchev–Trinajstić information content (AvgIpc) is 2.62. The van der Waals surface area contributed by atoms with Crippen LogP contribution in [0.5, 0.6) is 0 Å². The van der Waals surface area contributed by atoms with Gasteiger partial charge in [-0.05, 0) is 6.92 Å². The molecule has 0 spiro atoms. The van der Waals surface area contributed by atoms with Crippen LogP contribution in [-0.2, 0) is 0 Å². The molecule has 0 saturated carbocycles. The Bertz CT molecular complexity index is 390. The summed E-state index contributed by atoms with van der Waals surface area (Å²) in [7, 11) is 0. The minimum Gasteiger partial charge on any atom is -0.383 e. The van der Waals surface area contributed by atoms with Crippen LogP contribution in [0.15, 0.2) is 6.33 Å². The average molecular weight is 223 g/mol. The number of terminal acetylenes is 1. The zero-order chi connectivity index (χ0) is 12.7. The highest BCUT2D eigenvalue weighted by Gasteiger charge is 2.14. The maximum absolute atomic E-state index is 11.5. The van der Waals surface area contributed by atoms with Gasteiger partial charge in [0.25, 0.3) is 0 Å². The van der Waals surface area contributed by atoms with E-state index in [1.807, 2.05) is 13.8 Å². The number of nitrogen functional groups attached to an aromatic ring is 1. The van der Waals surface area contributed by atoms with E-state index < -0.39 is 6.03 Å². The molecule has 1 heterocycles. The first kappa shape index (κ1) is 14.0. The largest absolute Gasteiger partial charge is 0.383 e. The number of anilines is 1. The van der Waals surface area contributed by atoms with Crippen molar-refractivity contribution in [2.75, 3.05) is 12.3 Å². The van der Waals surface area contributed by atoms with E-state index in [2.05, 4.69) is 10.9 Å². The predicted octanol–water partition coefficient (Wildman–Crippen LogP) is 0.577. The summed E-state index contributed by atoms with van der Waals surface area (Å²) in [6.07, 6.45) is 6.32. The minimum absolute atomic E-state index is 0.0233. The van der Waals surface area contributed by atoms with Crippen molar-refractivity contribution < 1.29 is 4.79 Å². The second kappa shape index (κ2) is 6.48. The molecule has 1 amide bonds. The molecule has 0 aliphatic carbocycles. The van der Waals surface area contributed by atoms with E-state index in [1.165, 1.54) is 6.33 Å². The lowest BCUT2D eigenvalue weighted by Gasteiger charge is -2.13. The Labute approximate surface area is 95.2 Å². The van der Waals surface area contributed by atoms with Crippen LogP contribution < -0.4 is 11.6 Å². The van der Waals surface area contributed by atoms with Gasteiger partial charge in [-0.3, -0.25) is 0 Å². The number of aromatic nitrogens is 2. The number of imidazole rings is 1. The normalized spacial score (nSPS) is 8.69. The van der Waals surface area contributed by atoms with E-state index >= 15 is 0 Å². The molecule has 0 aliphatic heterocycles. The lowest BCUT2D eigenvalue weighted by Crippen LogP contribution is -2.40. The second-order valence-electron chi connectivity index (χ2n) is 2.70. The molecule has 88 valence electrons. The lowest BCUT2D eigenvalue weighted by molar-refractivity contribution is 0.207. The van der Waals surface area contributed by atoms with Gasteiger partial charge in [0.15, 0.2) is 0 Å². The van der Waals surface area contributed by atoms with Gasteiger partial charge in [-0.25, -0.2) is 25.2 Å². The van der Waals surface area contributed by atoms with Crippen molar-refractivity contribution in [2.45, 2.75) is 20.8 Å². The van der Waals surface area contributed by atoms with Gasteiger partial charge in [0.2, 0.25) is 0 Å². The first-order valence-electron chi connectivity index (χ1n) is 4.87. The third-order valence-electron chi connectivity index (χ3n) is 1.71. The van der Waals surface area contributed by atoms with Crippen LogP contribution in [0.25, 0.3) is 0 Å². The molecule has 0 radical (unpaired) electrons. The van der Waals surface area contributed by atoms with Gasteiger partial charge in [0.05, 0.1) is 12.2 Å². The molecule has 0 saturated heterocycles.